The Hall–Kier alpha value is -3.16. The van der Waals surface area contributed by atoms with Gasteiger partial charge in [-0.3, -0.25) is 9.78 Å². The van der Waals surface area contributed by atoms with Gasteiger partial charge < -0.3 is 9.42 Å². The summed E-state index contributed by atoms with van der Waals surface area (Å²) in [6.07, 6.45) is 8.21. The van der Waals surface area contributed by atoms with E-state index in [1.165, 1.54) is 12.4 Å². The molecule has 1 saturated heterocycles. The van der Waals surface area contributed by atoms with Gasteiger partial charge in [-0.2, -0.15) is 10.2 Å². The summed E-state index contributed by atoms with van der Waals surface area (Å²) in [6, 6.07) is 1.57. The highest BCUT2D eigenvalue weighted by Gasteiger charge is 2.32. The number of carbonyl (C=O) groups is 1. The van der Waals surface area contributed by atoms with E-state index in [4.69, 9.17) is 9.51 Å². The Balaban J connectivity index is 1.67. The lowest BCUT2D eigenvalue weighted by Gasteiger charge is -2.24. The molecule has 8 nitrogen and oxygen atoms in total. The van der Waals surface area contributed by atoms with Gasteiger partial charge >= 0.3 is 0 Å². The molecule has 4 heterocycles. The van der Waals surface area contributed by atoms with Gasteiger partial charge in [-0.15, -0.1) is 0 Å². The van der Waals surface area contributed by atoms with Gasteiger partial charge in [-0.25, -0.2) is 4.98 Å². The summed E-state index contributed by atoms with van der Waals surface area (Å²) < 4.78 is 5.24. The number of carbonyl (C=O) groups excluding carboxylic acids is 1. The van der Waals surface area contributed by atoms with Crippen LogP contribution in [-0.2, 0) is 0 Å². The van der Waals surface area contributed by atoms with Crippen LogP contribution in [0.15, 0.2) is 35.4 Å². The standard InChI is InChI=1S/C18H18N6O2/c1-11-17(12(2)26-23-11)15-10-19-9-14(22-15)16-4-3-7-24(16)18(25)13-5-6-20-21-8-13/h5-6,8-10,16H,3-4,7H2,1-2H3/t16-/m0/s1. The smallest absolute Gasteiger partial charge is 0.256 e. The van der Waals surface area contributed by atoms with E-state index >= 15 is 0 Å². The predicted octanol–water partition coefficient (Wildman–Crippen LogP) is 2.52. The molecule has 1 fully saturated rings. The average Bonchev–Trinajstić information content (AvgIpc) is 3.29. The largest absolute Gasteiger partial charge is 0.361 e. The quantitative estimate of drug-likeness (QED) is 0.716. The molecule has 3 aromatic heterocycles. The normalized spacial score (nSPS) is 16.8. The van der Waals surface area contributed by atoms with Gasteiger partial charge in [0.1, 0.15) is 5.76 Å². The van der Waals surface area contributed by atoms with Crippen LogP contribution in [0.2, 0.25) is 0 Å². The maximum Gasteiger partial charge on any atom is 0.256 e. The molecule has 132 valence electrons. The molecule has 8 heteroatoms. The molecule has 3 aromatic rings. The molecule has 26 heavy (non-hydrogen) atoms. The van der Waals surface area contributed by atoms with Gasteiger partial charge in [0.2, 0.25) is 0 Å². The summed E-state index contributed by atoms with van der Waals surface area (Å²) in [5, 5.41) is 11.5. The van der Waals surface area contributed by atoms with Crippen molar-refractivity contribution < 1.29 is 9.32 Å². The number of nitrogens with zero attached hydrogens (tertiary/aromatic N) is 6. The molecule has 1 amide bonds. The van der Waals surface area contributed by atoms with Crippen LogP contribution in [0.5, 0.6) is 0 Å². The first-order valence-electron chi connectivity index (χ1n) is 8.48. The van der Waals surface area contributed by atoms with Crippen molar-refractivity contribution >= 4 is 5.91 Å². The van der Waals surface area contributed by atoms with Crippen molar-refractivity contribution in [2.45, 2.75) is 32.7 Å². The Morgan fingerprint density at radius 2 is 2.12 bits per heavy atom. The highest BCUT2D eigenvalue weighted by Crippen LogP contribution is 2.33. The molecular formula is C18H18N6O2. The summed E-state index contributed by atoms with van der Waals surface area (Å²) in [4.78, 5) is 23.8. The Morgan fingerprint density at radius 1 is 1.23 bits per heavy atom. The maximum atomic E-state index is 12.8. The van der Waals surface area contributed by atoms with Crippen LogP contribution < -0.4 is 0 Å². The molecule has 0 radical (unpaired) electrons. The van der Waals surface area contributed by atoms with Gasteiger partial charge in [0.25, 0.3) is 5.91 Å². The van der Waals surface area contributed by atoms with E-state index in [9.17, 15) is 4.79 Å². The van der Waals surface area contributed by atoms with Gasteiger partial charge in [0.05, 0.1) is 59.0 Å². The second-order valence-electron chi connectivity index (χ2n) is 6.32. The monoisotopic (exact) mass is 350 g/mol. The lowest BCUT2D eigenvalue weighted by atomic mass is 10.1. The van der Waals surface area contributed by atoms with Crippen molar-refractivity contribution in [1.29, 1.82) is 0 Å². The van der Waals surface area contributed by atoms with Crippen LogP contribution in [0.3, 0.4) is 0 Å². The van der Waals surface area contributed by atoms with E-state index in [1.54, 1.807) is 18.5 Å². The zero-order valence-corrected chi connectivity index (χ0v) is 14.6. The summed E-state index contributed by atoms with van der Waals surface area (Å²) >= 11 is 0. The number of hydrogen-bond donors (Lipinski definition) is 0. The highest BCUT2D eigenvalue weighted by molar-refractivity contribution is 5.94. The van der Waals surface area contributed by atoms with Crippen molar-refractivity contribution in [3.8, 4) is 11.3 Å². The zero-order chi connectivity index (χ0) is 18.1. The Morgan fingerprint density at radius 3 is 2.85 bits per heavy atom. The molecule has 0 bridgehead atoms. The maximum absolute atomic E-state index is 12.8. The topological polar surface area (TPSA) is 97.9 Å². The minimum absolute atomic E-state index is 0.0630. The van der Waals surface area contributed by atoms with E-state index in [1.807, 2.05) is 18.7 Å². The van der Waals surface area contributed by atoms with E-state index in [2.05, 4.69) is 20.3 Å². The van der Waals surface area contributed by atoms with E-state index in [0.717, 1.165) is 29.8 Å². The Kier molecular flexibility index (Phi) is 4.16. The fraction of sp³-hybridized carbons (Fsp3) is 0.333. The number of aryl methyl sites for hydroxylation is 2. The third-order valence-corrected chi connectivity index (χ3v) is 4.63. The second-order valence-corrected chi connectivity index (χ2v) is 6.32. The SMILES string of the molecule is Cc1noc(C)c1-c1cncc([C@@H]2CCCN2C(=O)c2ccnnc2)n1. The molecule has 0 aliphatic carbocycles. The Labute approximate surface area is 150 Å². The number of aromatic nitrogens is 5. The molecule has 4 rings (SSSR count). The lowest BCUT2D eigenvalue weighted by molar-refractivity contribution is 0.0732. The summed E-state index contributed by atoms with van der Waals surface area (Å²) in [6.45, 7) is 4.41. The predicted molar refractivity (Wildman–Crippen MR) is 92.0 cm³/mol. The van der Waals surface area contributed by atoms with Crippen molar-refractivity contribution in [2.75, 3.05) is 6.54 Å². The zero-order valence-electron chi connectivity index (χ0n) is 14.6. The molecule has 0 saturated carbocycles. The lowest BCUT2D eigenvalue weighted by Crippen LogP contribution is -2.31. The fourth-order valence-electron chi connectivity index (χ4n) is 3.41. The van der Waals surface area contributed by atoms with Gasteiger partial charge in [0, 0.05) is 6.54 Å². The highest BCUT2D eigenvalue weighted by atomic mass is 16.5. The van der Waals surface area contributed by atoms with Crippen LogP contribution in [-0.4, -0.2) is 42.7 Å². The minimum atomic E-state index is -0.108. The van der Waals surface area contributed by atoms with E-state index in [0.29, 0.717) is 23.6 Å². The van der Waals surface area contributed by atoms with Crippen molar-refractivity contribution in [3.05, 3.63) is 53.6 Å². The molecule has 1 atom stereocenters. The van der Waals surface area contributed by atoms with E-state index < -0.39 is 0 Å². The molecule has 0 aromatic carbocycles. The summed E-state index contributed by atoms with van der Waals surface area (Å²) in [5.41, 5.74) is 3.64. The first-order valence-corrected chi connectivity index (χ1v) is 8.48. The number of rotatable bonds is 3. The number of hydrogen-bond acceptors (Lipinski definition) is 7. The molecule has 1 aliphatic rings. The summed E-state index contributed by atoms with van der Waals surface area (Å²) in [5.74, 6) is 0.642. The number of likely N-dealkylation sites (tertiary alicyclic amines) is 1. The summed E-state index contributed by atoms with van der Waals surface area (Å²) in [7, 11) is 0. The molecule has 0 N–H and O–H groups in total. The van der Waals surface area contributed by atoms with Crippen LogP contribution in [0.1, 0.15) is 46.4 Å². The van der Waals surface area contributed by atoms with Gasteiger partial charge in [-0.05, 0) is 32.8 Å². The van der Waals surface area contributed by atoms with Crippen LogP contribution in [0, 0.1) is 13.8 Å². The van der Waals surface area contributed by atoms with E-state index in [-0.39, 0.29) is 11.9 Å². The fourth-order valence-corrected chi connectivity index (χ4v) is 3.41. The first kappa shape index (κ1) is 16.3. The number of amides is 1. The van der Waals surface area contributed by atoms with Crippen LogP contribution >= 0.6 is 0 Å². The molecule has 1 aliphatic heterocycles. The average molecular weight is 350 g/mol. The molecule has 0 unspecified atom stereocenters. The third-order valence-electron chi connectivity index (χ3n) is 4.63. The van der Waals surface area contributed by atoms with Crippen molar-refractivity contribution in [3.63, 3.8) is 0 Å². The van der Waals surface area contributed by atoms with Gasteiger partial charge in [-0.1, -0.05) is 5.16 Å². The minimum Gasteiger partial charge on any atom is -0.361 e. The Bertz CT molecular complexity index is 920. The molecule has 0 spiro atoms. The first-order chi connectivity index (χ1) is 12.6. The van der Waals surface area contributed by atoms with Crippen molar-refractivity contribution in [1.82, 2.24) is 30.2 Å². The third kappa shape index (κ3) is 2.83. The van der Waals surface area contributed by atoms with Gasteiger partial charge in [0.15, 0.2) is 0 Å². The van der Waals surface area contributed by atoms with Crippen LogP contribution in [0.25, 0.3) is 11.3 Å². The van der Waals surface area contributed by atoms with Crippen molar-refractivity contribution in [2.24, 2.45) is 0 Å². The second kappa shape index (κ2) is 6.62. The van der Waals surface area contributed by atoms with Crippen LogP contribution in [0.4, 0.5) is 0 Å². The molecular weight excluding hydrogens is 332 g/mol.